The first-order valence-electron chi connectivity index (χ1n) is 7.08. The Morgan fingerprint density at radius 1 is 1.12 bits per heavy atom. The lowest BCUT2D eigenvalue weighted by molar-refractivity contribution is 0.625. The van der Waals surface area contributed by atoms with Gasteiger partial charge in [0.15, 0.2) is 0 Å². The number of thiazole rings is 1. The summed E-state index contributed by atoms with van der Waals surface area (Å²) in [7, 11) is 1.65. The molecule has 0 aliphatic carbocycles. The van der Waals surface area contributed by atoms with Gasteiger partial charge in [-0.1, -0.05) is 40.9 Å². The minimum atomic E-state index is -0.451. The highest BCUT2D eigenvalue weighted by molar-refractivity contribution is 7.07. The van der Waals surface area contributed by atoms with Crippen LogP contribution in [-0.2, 0) is 0 Å². The van der Waals surface area contributed by atoms with Gasteiger partial charge in [0.25, 0.3) is 0 Å². The molecule has 0 fully saturated rings. The Morgan fingerprint density at radius 2 is 1.92 bits per heavy atom. The van der Waals surface area contributed by atoms with Crippen molar-refractivity contribution in [3.63, 3.8) is 0 Å². The van der Waals surface area contributed by atoms with Crippen LogP contribution in [0, 0.1) is 5.82 Å². The lowest BCUT2D eigenvalue weighted by Gasteiger charge is -2.06. The van der Waals surface area contributed by atoms with Crippen LogP contribution in [-0.4, -0.2) is 17.9 Å². The molecular weight excluding hydrogens is 404 g/mol. The van der Waals surface area contributed by atoms with Crippen LogP contribution in [0.4, 0.5) is 4.39 Å². The van der Waals surface area contributed by atoms with E-state index in [1.165, 1.54) is 23.6 Å². The molecule has 0 N–H and O–H groups in total. The first-order valence-corrected chi connectivity index (χ1v) is 9.09. The van der Waals surface area contributed by atoms with Gasteiger partial charge in [-0.25, -0.2) is 9.07 Å². The highest BCUT2D eigenvalue weighted by Crippen LogP contribution is 2.30. The SMILES string of the molecule is CN=c1scc(-c2ccc(Cl)cc2Cl)n1N=Cc1c(F)cccc1Cl. The van der Waals surface area contributed by atoms with Crippen LogP contribution >= 0.6 is 46.1 Å². The van der Waals surface area contributed by atoms with E-state index in [-0.39, 0.29) is 10.6 Å². The molecule has 0 saturated heterocycles. The molecule has 3 rings (SSSR count). The van der Waals surface area contributed by atoms with Gasteiger partial charge in [-0.2, -0.15) is 5.10 Å². The van der Waals surface area contributed by atoms with E-state index in [1.54, 1.807) is 42.1 Å². The summed E-state index contributed by atoms with van der Waals surface area (Å²) in [5.74, 6) is -0.451. The summed E-state index contributed by atoms with van der Waals surface area (Å²) < 4.78 is 15.5. The van der Waals surface area contributed by atoms with Crippen molar-refractivity contribution in [3.05, 3.63) is 73.0 Å². The van der Waals surface area contributed by atoms with E-state index in [9.17, 15) is 4.39 Å². The molecule has 0 atom stereocenters. The Bertz CT molecular complexity index is 1000. The van der Waals surface area contributed by atoms with Gasteiger partial charge < -0.3 is 0 Å². The Kier molecular flexibility index (Phi) is 5.59. The number of aromatic nitrogens is 1. The Morgan fingerprint density at radius 3 is 2.60 bits per heavy atom. The molecule has 0 bridgehead atoms. The number of benzene rings is 2. The van der Waals surface area contributed by atoms with E-state index >= 15 is 0 Å². The second-order valence-electron chi connectivity index (χ2n) is 4.94. The van der Waals surface area contributed by atoms with Crippen LogP contribution < -0.4 is 4.80 Å². The fourth-order valence-electron chi connectivity index (χ4n) is 2.19. The summed E-state index contributed by atoms with van der Waals surface area (Å²) >= 11 is 19.7. The highest BCUT2D eigenvalue weighted by atomic mass is 35.5. The van der Waals surface area contributed by atoms with Crippen molar-refractivity contribution in [2.75, 3.05) is 7.05 Å². The maximum atomic E-state index is 14.0. The summed E-state index contributed by atoms with van der Waals surface area (Å²) in [6, 6.07) is 9.66. The molecule has 0 aliphatic rings. The number of hydrogen-bond donors (Lipinski definition) is 0. The molecular formula is C17H11Cl3FN3S. The minimum absolute atomic E-state index is 0.207. The van der Waals surface area contributed by atoms with Gasteiger partial charge in [-0.15, -0.1) is 11.3 Å². The number of rotatable bonds is 3. The molecule has 25 heavy (non-hydrogen) atoms. The Hall–Kier alpha value is -1.66. The lowest BCUT2D eigenvalue weighted by atomic mass is 10.2. The third-order valence-corrected chi connectivity index (χ3v) is 5.17. The fourth-order valence-corrected chi connectivity index (χ4v) is 3.71. The predicted octanol–water partition coefficient (Wildman–Crippen LogP) is 5.73. The van der Waals surface area contributed by atoms with E-state index in [2.05, 4.69) is 10.1 Å². The zero-order chi connectivity index (χ0) is 18.0. The molecule has 3 aromatic rings. The van der Waals surface area contributed by atoms with Gasteiger partial charge in [0.05, 0.1) is 22.0 Å². The maximum Gasteiger partial charge on any atom is 0.205 e. The summed E-state index contributed by atoms with van der Waals surface area (Å²) in [4.78, 5) is 4.82. The second kappa shape index (κ2) is 7.70. The summed E-state index contributed by atoms with van der Waals surface area (Å²) in [6.45, 7) is 0. The molecule has 0 amide bonds. The van der Waals surface area contributed by atoms with E-state index in [4.69, 9.17) is 34.8 Å². The smallest absolute Gasteiger partial charge is 0.205 e. The quantitative estimate of drug-likeness (QED) is 0.490. The summed E-state index contributed by atoms with van der Waals surface area (Å²) in [5, 5.41) is 7.54. The number of nitrogens with zero attached hydrogens (tertiary/aromatic N) is 3. The van der Waals surface area contributed by atoms with Crippen LogP contribution in [0.1, 0.15) is 5.56 Å². The Labute approximate surface area is 162 Å². The van der Waals surface area contributed by atoms with E-state index in [1.807, 2.05) is 5.38 Å². The van der Waals surface area contributed by atoms with Gasteiger partial charge in [-0.05, 0) is 30.3 Å². The van der Waals surface area contributed by atoms with E-state index < -0.39 is 5.82 Å². The largest absolute Gasteiger partial charge is 0.261 e. The van der Waals surface area contributed by atoms with E-state index in [0.29, 0.717) is 14.8 Å². The van der Waals surface area contributed by atoms with Crippen molar-refractivity contribution in [2.45, 2.75) is 0 Å². The zero-order valence-corrected chi connectivity index (χ0v) is 16.0. The zero-order valence-electron chi connectivity index (χ0n) is 12.9. The second-order valence-corrected chi connectivity index (χ2v) is 7.03. The molecule has 1 heterocycles. The van der Waals surface area contributed by atoms with Crippen LogP contribution in [0.25, 0.3) is 11.3 Å². The standard InChI is InChI=1S/C17H11Cl3FN3S/c1-22-17-24(23-8-12-13(19)3-2-4-15(12)21)16(9-25-17)11-6-5-10(18)7-14(11)20/h2-9H,1H3. The fraction of sp³-hybridized carbons (Fsp3) is 0.0588. The third kappa shape index (κ3) is 3.80. The Balaban J connectivity index is 2.14. The average Bonchev–Trinajstić information content (AvgIpc) is 2.97. The number of halogens is 4. The van der Waals surface area contributed by atoms with Crippen molar-refractivity contribution in [1.29, 1.82) is 0 Å². The molecule has 0 aliphatic heterocycles. The van der Waals surface area contributed by atoms with Crippen molar-refractivity contribution in [2.24, 2.45) is 10.1 Å². The molecule has 0 saturated carbocycles. The van der Waals surface area contributed by atoms with E-state index in [0.717, 1.165) is 11.3 Å². The van der Waals surface area contributed by atoms with Crippen molar-refractivity contribution >= 4 is 52.4 Å². The molecule has 0 radical (unpaired) electrons. The van der Waals surface area contributed by atoms with Gasteiger partial charge in [0.2, 0.25) is 4.80 Å². The number of hydrogen-bond acceptors (Lipinski definition) is 3. The van der Waals surface area contributed by atoms with Gasteiger partial charge >= 0.3 is 0 Å². The summed E-state index contributed by atoms with van der Waals surface area (Å²) in [6.07, 6.45) is 1.37. The molecule has 8 heteroatoms. The average molecular weight is 415 g/mol. The van der Waals surface area contributed by atoms with Crippen molar-refractivity contribution in [3.8, 4) is 11.3 Å². The van der Waals surface area contributed by atoms with Crippen LogP contribution in [0.5, 0.6) is 0 Å². The molecule has 128 valence electrons. The first kappa shape index (κ1) is 18.1. The van der Waals surface area contributed by atoms with Crippen molar-refractivity contribution < 1.29 is 4.39 Å². The van der Waals surface area contributed by atoms with Crippen LogP contribution in [0.3, 0.4) is 0 Å². The summed E-state index contributed by atoms with van der Waals surface area (Å²) in [5.41, 5.74) is 1.67. The lowest BCUT2D eigenvalue weighted by Crippen LogP contribution is -2.12. The predicted molar refractivity (Wildman–Crippen MR) is 104 cm³/mol. The molecule has 0 spiro atoms. The molecule has 0 unspecified atom stereocenters. The first-order chi connectivity index (χ1) is 12.0. The molecule has 2 aromatic carbocycles. The van der Waals surface area contributed by atoms with Gasteiger partial charge in [0.1, 0.15) is 5.82 Å². The molecule has 1 aromatic heterocycles. The normalized spacial score (nSPS) is 12.3. The third-order valence-electron chi connectivity index (χ3n) is 3.39. The minimum Gasteiger partial charge on any atom is -0.261 e. The topological polar surface area (TPSA) is 29.6 Å². The monoisotopic (exact) mass is 413 g/mol. The van der Waals surface area contributed by atoms with Crippen LogP contribution in [0.15, 0.2) is 51.9 Å². The van der Waals surface area contributed by atoms with Gasteiger partial charge in [-0.3, -0.25) is 4.99 Å². The van der Waals surface area contributed by atoms with Crippen LogP contribution in [0.2, 0.25) is 15.1 Å². The van der Waals surface area contributed by atoms with Crippen molar-refractivity contribution in [1.82, 2.24) is 4.68 Å². The maximum absolute atomic E-state index is 14.0. The van der Waals surface area contributed by atoms with Gasteiger partial charge in [0, 0.05) is 28.6 Å². The molecule has 3 nitrogen and oxygen atoms in total. The highest BCUT2D eigenvalue weighted by Gasteiger charge is 2.12.